The summed E-state index contributed by atoms with van der Waals surface area (Å²) in [5, 5.41) is 0. The summed E-state index contributed by atoms with van der Waals surface area (Å²) in [7, 11) is 0. The summed E-state index contributed by atoms with van der Waals surface area (Å²) >= 11 is 5.85. The lowest BCUT2D eigenvalue weighted by Gasteiger charge is -2.04. The molecular formula is C7H3Br2F2NO. The van der Waals surface area contributed by atoms with E-state index in [1.807, 2.05) is 0 Å². The minimum absolute atomic E-state index is 0.0416. The van der Waals surface area contributed by atoms with Crippen LogP contribution in [-0.2, 0) is 0 Å². The molecule has 0 saturated heterocycles. The van der Waals surface area contributed by atoms with Gasteiger partial charge in [0, 0.05) is 5.56 Å². The maximum atomic E-state index is 12.3. The first-order chi connectivity index (χ1) is 6.06. The third-order valence-electron chi connectivity index (χ3n) is 1.35. The van der Waals surface area contributed by atoms with Crippen molar-refractivity contribution in [3.63, 3.8) is 0 Å². The number of alkyl halides is 2. The first-order valence-corrected chi connectivity index (χ1v) is 4.74. The number of carbonyl (C=O) groups excluding carboxylic acids is 1. The van der Waals surface area contributed by atoms with Gasteiger partial charge in [0.1, 0.15) is 9.21 Å². The van der Waals surface area contributed by atoms with Crippen molar-refractivity contribution in [1.82, 2.24) is 4.98 Å². The molecule has 1 rings (SSSR count). The van der Waals surface area contributed by atoms with Gasteiger partial charge in [-0.1, -0.05) is 0 Å². The second kappa shape index (κ2) is 4.23. The maximum Gasteiger partial charge on any atom is 0.266 e. The number of aldehydes is 1. The van der Waals surface area contributed by atoms with Crippen molar-refractivity contribution < 1.29 is 13.6 Å². The monoisotopic (exact) mass is 313 g/mol. The van der Waals surface area contributed by atoms with Gasteiger partial charge in [-0.15, -0.1) is 0 Å². The Balaban J connectivity index is 3.30. The Morgan fingerprint density at radius 2 is 2.00 bits per heavy atom. The van der Waals surface area contributed by atoms with E-state index in [1.54, 1.807) is 0 Å². The van der Waals surface area contributed by atoms with Crippen molar-refractivity contribution in [3.05, 3.63) is 26.4 Å². The Bertz CT molecular complexity index is 344. The molecule has 0 atom stereocenters. The van der Waals surface area contributed by atoms with Crippen LogP contribution in [0.3, 0.4) is 0 Å². The summed E-state index contributed by atoms with van der Waals surface area (Å²) in [6.45, 7) is 0. The van der Waals surface area contributed by atoms with Crippen LogP contribution in [-0.4, -0.2) is 11.3 Å². The SMILES string of the molecule is O=Cc1cc(C(F)F)c(Br)nc1Br. The quantitative estimate of drug-likeness (QED) is 0.619. The van der Waals surface area contributed by atoms with Gasteiger partial charge < -0.3 is 0 Å². The van der Waals surface area contributed by atoms with Crippen molar-refractivity contribution >= 4 is 38.1 Å². The third-order valence-corrected chi connectivity index (χ3v) is 2.62. The molecule has 1 heterocycles. The van der Waals surface area contributed by atoms with Crippen LogP contribution in [0.1, 0.15) is 22.3 Å². The van der Waals surface area contributed by atoms with Crippen molar-refractivity contribution in [3.8, 4) is 0 Å². The first-order valence-electron chi connectivity index (χ1n) is 3.15. The molecule has 0 bridgehead atoms. The maximum absolute atomic E-state index is 12.3. The summed E-state index contributed by atoms with van der Waals surface area (Å²) < 4.78 is 24.8. The fourth-order valence-electron chi connectivity index (χ4n) is 0.738. The number of carbonyl (C=O) groups is 1. The fraction of sp³-hybridized carbons (Fsp3) is 0.143. The van der Waals surface area contributed by atoms with Crippen molar-refractivity contribution in [2.45, 2.75) is 6.43 Å². The molecule has 0 saturated carbocycles. The summed E-state index contributed by atoms with van der Waals surface area (Å²) in [5.74, 6) is 0. The van der Waals surface area contributed by atoms with E-state index >= 15 is 0 Å². The summed E-state index contributed by atoms with van der Waals surface area (Å²) in [4.78, 5) is 14.1. The van der Waals surface area contributed by atoms with Crippen LogP contribution in [0.15, 0.2) is 15.3 Å². The molecule has 0 aliphatic rings. The highest BCUT2D eigenvalue weighted by Crippen LogP contribution is 2.28. The fourth-order valence-corrected chi connectivity index (χ4v) is 1.83. The van der Waals surface area contributed by atoms with E-state index in [-0.39, 0.29) is 20.3 Å². The Kier molecular flexibility index (Phi) is 3.49. The molecule has 0 radical (unpaired) electrons. The Morgan fingerprint density at radius 1 is 1.38 bits per heavy atom. The zero-order chi connectivity index (χ0) is 10.0. The van der Waals surface area contributed by atoms with Gasteiger partial charge in [0.15, 0.2) is 6.29 Å². The van der Waals surface area contributed by atoms with Crippen LogP contribution in [0.5, 0.6) is 0 Å². The topological polar surface area (TPSA) is 30.0 Å². The number of nitrogens with zero attached hydrogens (tertiary/aromatic N) is 1. The Morgan fingerprint density at radius 3 is 2.46 bits per heavy atom. The third kappa shape index (κ3) is 2.31. The predicted octanol–water partition coefficient (Wildman–Crippen LogP) is 3.36. The lowest BCUT2D eigenvalue weighted by molar-refractivity contribution is 0.112. The lowest BCUT2D eigenvalue weighted by Crippen LogP contribution is -1.95. The molecule has 6 heteroatoms. The van der Waals surface area contributed by atoms with Crippen LogP contribution in [0, 0.1) is 0 Å². The number of halogens is 4. The molecule has 1 aromatic heterocycles. The van der Waals surface area contributed by atoms with Gasteiger partial charge >= 0.3 is 0 Å². The summed E-state index contributed by atoms with van der Waals surface area (Å²) in [6.07, 6.45) is -2.18. The minimum Gasteiger partial charge on any atom is -0.298 e. The van der Waals surface area contributed by atoms with Gasteiger partial charge in [-0.05, 0) is 37.9 Å². The Labute approximate surface area is 89.6 Å². The van der Waals surface area contributed by atoms with E-state index in [2.05, 4.69) is 36.8 Å². The summed E-state index contributed by atoms with van der Waals surface area (Å²) in [6, 6.07) is 1.10. The average molecular weight is 315 g/mol. The van der Waals surface area contributed by atoms with Crippen molar-refractivity contribution in [1.29, 1.82) is 0 Å². The minimum atomic E-state index is -2.64. The molecule has 0 aromatic carbocycles. The highest BCUT2D eigenvalue weighted by Gasteiger charge is 2.15. The largest absolute Gasteiger partial charge is 0.298 e. The smallest absolute Gasteiger partial charge is 0.266 e. The van der Waals surface area contributed by atoms with E-state index in [0.29, 0.717) is 6.29 Å². The van der Waals surface area contributed by atoms with Crippen molar-refractivity contribution in [2.24, 2.45) is 0 Å². The number of pyridine rings is 1. The normalized spacial score (nSPS) is 10.5. The number of hydrogen-bond donors (Lipinski definition) is 0. The molecular weight excluding hydrogens is 312 g/mol. The van der Waals surface area contributed by atoms with Crippen molar-refractivity contribution in [2.75, 3.05) is 0 Å². The highest BCUT2D eigenvalue weighted by atomic mass is 79.9. The summed E-state index contributed by atoms with van der Waals surface area (Å²) in [5.41, 5.74) is -0.177. The number of rotatable bonds is 2. The molecule has 1 aromatic rings. The zero-order valence-corrected chi connectivity index (χ0v) is 9.27. The van der Waals surface area contributed by atoms with Gasteiger partial charge in [-0.3, -0.25) is 4.79 Å². The van der Waals surface area contributed by atoms with E-state index in [4.69, 9.17) is 0 Å². The molecule has 70 valence electrons. The highest BCUT2D eigenvalue weighted by molar-refractivity contribution is 9.11. The van der Waals surface area contributed by atoms with Gasteiger partial charge in [0.2, 0.25) is 0 Å². The molecule has 0 amide bonds. The Hall–Kier alpha value is -0.360. The van der Waals surface area contributed by atoms with Gasteiger partial charge in [0.25, 0.3) is 6.43 Å². The van der Waals surface area contributed by atoms with Gasteiger partial charge in [0.05, 0.1) is 5.56 Å². The average Bonchev–Trinajstić information content (AvgIpc) is 2.03. The molecule has 0 spiro atoms. The van der Waals surface area contributed by atoms with E-state index in [0.717, 1.165) is 6.07 Å². The van der Waals surface area contributed by atoms with Crippen LogP contribution in [0.25, 0.3) is 0 Å². The zero-order valence-electron chi connectivity index (χ0n) is 6.10. The molecule has 0 aliphatic heterocycles. The lowest BCUT2D eigenvalue weighted by atomic mass is 10.2. The van der Waals surface area contributed by atoms with Crippen LogP contribution < -0.4 is 0 Å². The van der Waals surface area contributed by atoms with Gasteiger partial charge in [-0.25, -0.2) is 13.8 Å². The van der Waals surface area contributed by atoms with E-state index in [1.165, 1.54) is 0 Å². The molecule has 13 heavy (non-hydrogen) atoms. The second-order valence-corrected chi connectivity index (χ2v) is 3.67. The van der Waals surface area contributed by atoms with E-state index < -0.39 is 6.43 Å². The molecule has 2 nitrogen and oxygen atoms in total. The van der Waals surface area contributed by atoms with Gasteiger partial charge in [-0.2, -0.15) is 0 Å². The molecule has 0 aliphatic carbocycles. The molecule has 0 fully saturated rings. The first kappa shape index (κ1) is 10.7. The molecule has 0 unspecified atom stereocenters. The van der Waals surface area contributed by atoms with E-state index in [9.17, 15) is 13.6 Å². The second-order valence-electron chi connectivity index (χ2n) is 2.17. The predicted molar refractivity (Wildman–Crippen MR) is 50.0 cm³/mol. The number of aromatic nitrogens is 1. The van der Waals surface area contributed by atoms with Crippen LogP contribution >= 0.6 is 31.9 Å². The van der Waals surface area contributed by atoms with Crippen LogP contribution in [0.4, 0.5) is 8.78 Å². The molecule has 0 N–H and O–H groups in total. The standard InChI is InChI=1S/C7H3Br2F2NO/c8-5-3(2-13)1-4(7(10)11)6(9)12-5/h1-2,7H. The van der Waals surface area contributed by atoms with Crippen LogP contribution in [0.2, 0.25) is 0 Å². The number of hydrogen-bond acceptors (Lipinski definition) is 2.